The fourth-order valence-corrected chi connectivity index (χ4v) is 2.35. The summed E-state index contributed by atoms with van der Waals surface area (Å²) in [5.41, 5.74) is 8.84. The predicted octanol–water partition coefficient (Wildman–Crippen LogP) is 3.92. The molecule has 0 saturated heterocycles. The quantitative estimate of drug-likeness (QED) is 0.544. The normalized spacial score (nSPS) is 10.7. The van der Waals surface area contributed by atoms with Crippen LogP contribution in [0.5, 0.6) is 5.75 Å². The van der Waals surface area contributed by atoms with Gasteiger partial charge >= 0.3 is 0 Å². The van der Waals surface area contributed by atoms with Gasteiger partial charge in [0, 0.05) is 0 Å². The first-order valence-corrected chi connectivity index (χ1v) is 8.15. The number of anilines is 1. The highest BCUT2D eigenvalue weighted by Crippen LogP contribution is 2.24. The van der Waals surface area contributed by atoms with Gasteiger partial charge in [-0.3, -0.25) is 0 Å². The highest BCUT2D eigenvalue weighted by atomic mass is 19.1. The molecule has 3 N–H and O–H groups in total. The Morgan fingerprint density at radius 1 is 1.04 bits per heavy atom. The van der Waals surface area contributed by atoms with Crippen molar-refractivity contribution in [3.63, 3.8) is 0 Å². The van der Waals surface area contributed by atoms with Crippen molar-refractivity contribution in [2.75, 3.05) is 18.8 Å². The van der Waals surface area contributed by atoms with Gasteiger partial charge in [-0.25, -0.2) is 4.39 Å². The standard InChI is InChI=1S/C19H25FN2O/c1-2-11-22-12-3-4-15-7-10-19(18(21)13-15)23-14-16-5-8-17(20)9-6-16/h5-10,13,22H,2-4,11-12,14,21H2,1H3. The molecule has 124 valence electrons. The molecular weight excluding hydrogens is 291 g/mol. The number of benzene rings is 2. The molecule has 0 aliphatic rings. The van der Waals surface area contributed by atoms with Crippen LogP contribution in [0.2, 0.25) is 0 Å². The second-order valence-corrected chi connectivity index (χ2v) is 5.64. The van der Waals surface area contributed by atoms with Gasteiger partial charge < -0.3 is 15.8 Å². The molecule has 0 atom stereocenters. The first kappa shape index (κ1) is 17.3. The summed E-state index contributed by atoms with van der Waals surface area (Å²) in [6, 6.07) is 12.2. The van der Waals surface area contributed by atoms with Gasteiger partial charge in [-0.15, -0.1) is 0 Å². The van der Waals surface area contributed by atoms with Crippen LogP contribution in [0.3, 0.4) is 0 Å². The fraction of sp³-hybridized carbons (Fsp3) is 0.368. The van der Waals surface area contributed by atoms with Gasteiger partial charge in [0.15, 0.2) is 0 Å². The minimum absolute atomic E-state index is 0.244. The molecule has 0 saturated carbocycles. The van der Waals surface area contributed by atoms with E-state index in [9.17, 15) is 4.39 Å². The van der Waals surface area contributed by atoms with Gasteiger partial charge in [-0.05, 0) is 67.7 Å². The zero-order chi connectivity index (χ0) is 16.5. The van der Waals surface area contributed by atoms with Crippen LogP contribution in [0.15, 0.2) is 42.5 Å². The molecule has 2 aromatic carbocycles. The van der Waals surface area contributed by atoms with Crippen LogP contribution in [-0.4, -0.2) is 13.1 Å². The summed E-state index contributed by atoms with van der Waals surface area (Å²) in [6.45, 7) is 4.64. The Bertz CT molecular complexity index is 599. The molecule has 0 aliphatic carbocycles. The van der Waals surface area contributed by atoms with E-state index in [-0.39, 0.29) is 5.82 Å². The summed E-state index contributed by atoms with van der Waals surface area (Å²) < 4.78 is 18.6. The second-order valence-electron chi connectivity index (χ2n) is 5.64. The molecule has 0 unspecified atom stereocenters. The summed E-state index contributed by atoms with van der Waals surface area (Å²) in [4.78, 5) is 0. The maximum Gasteiger partial charge on any atom is 0.142 e. The number of aryl methyl sites for hydroxylation is 1. The maximum atomic E-state index is 12.9. The van der Waals surface area contributed by atoms with Crippen molar-refractivity contribution >= 4 is 5.69 Å². The number of nitrogens with two attached hydrogens (primary N) is 1. The van der Waals surface area contributed by atoms with Gasteiger partial charge in [0.1, 0.15) is 18.2 Å². The zero-order valence-electron chi connectivity index (χ0n) is 13.6. The van der Waals surface area contributed by atoms with Crippen molar-refractivity contribution in [2.45, 2.75) is 32.8 Å². The SMILES string of the molecule is CCCNCCCc1ccc(OCc2ccc(F)cc2)c(N)c1. The van der Waals surface area contributed by atoms with Crippen molar-refractivity contribution in [3.8, 4) is 5.75 Å². The molecule has 23 heavy (non-hydrogen) atoms. The van der Waals surface area contributed by atoms with Crippen LogP contribution in [0.25, 0.3) is 0 Å². The van der Waals surface area contributed by atoms with Crippen LogP contribution < -0.4 is 15.8 Å². The lowest BCUT2D eigenvalue weighted by atomic mass is 10.1. The molecule has 0 radical (unpaired) electrons. The number of rotatable bonds is 9. The lowest BCUT2D eigenvalue weighted by Crippen LogP contribution is -2.16. The highest BCUT2D eigenvalue weighted by Gasteiger charge is 2.03. The van der Waals surface area contributed by atoms with Crippen LogP contribution in [0.4, 0.5) is 10.1 Å². The first-order chi connectivity index (χ1) is 11.2. The third-order valence-electron chi connectivity index (χ3n) is 3.63. The Morgan fingerprint density at radius 3 is 2.48 bits per heavy atom. The number of nitrogen functional groups attached to an aromatic ring is 1. The van der Waals surface area contributed by atoms with E-state index < -0.39 is 0 Å². The van der Waals surface area contributed by atoms with E-state index in [1.807, 2.05) is 12.1 Å². The molecule has 0 amide bonds. The molecular formula is C19H25FN2O. The first-order valence-electron chi connectivity index (χ1n) is 8.15. The number of hydrogen-bond acceptors (Lipinski definition) is 3. The maximum absolute atomic E-state index is 12.9. The number of ether oxygens (including phenoxy) is 1. The molecule has 0 bridgehead atoms. The number of halogens is 1. The van der Waals surface area contributed by atoms with E-state index in [4.69, 9.17) is 10.5 Å². The number of nitrogens with one attached hydrogen (secondary N) is 1. The Kier molecular flexibility index (Phi) is 6.88. The average molecular weight is 316 g/mol. The molecule has 0 heterocycles. The van der Waals surface area contributed by atoms with Gasteiger partial charge in [-0.2, -0.15) is 0 Å². The molecule has 0 aromatic heterocycles. The van der Waals surface area contributed by atoms with Gasteiger partial charge in [0.2, 0.25) is 0 Å². The smallest absolute Gasteiger partial charge is 0.142 e. The molecule has 4 heteroatoms. The summed E-state index contributed by atoms with van der Waals surface area (Å²) in [6.07, 6.45) is 3.25. The Hall–Kier alpha value is -2.07. The fourth-order valence-electron chi connectivity index (χ4n) is 2.35. The minimum Gasteiger partial charge on any atom is -0.487 e. The van der Waals surface area contributed by atoms with E-state index in [0.29, 0.717) is 18.0 Å². The van der Waals surface area contributed by atoms with E-state index in [1.54, 1.807) is 12.1 Å². The van der Waals surface area contributed by atoms with E-state index in [2.05, 4.69) is 18.3 Å². The minimum atomic E-state index is -0.244. The van der Waals surface area contributed by atoms with Crippen molar-refractivity contribution in [2.24, 2.45) is 0 Å². The third kappa shape index (κ3) is 5.91. The van der Waals surface area contributed by atoms with Gasteiger partial charge in [0.05, 0.1) is 5.69 Å². The van der Waals surface area contributed by atoms with Gasteiger partial charge in [-0.1, -0.05) is 25.1 Å². The summed E-state index contributed by atoms with van der Waals surface area (Å²) >= 11 is 0. The Labute approximate surface area is 137 Å². The van der Waals surface area contributed by atoms with Crippen molar-refractivity contribution < 1.29 is 9.13 Å². The molecule has 3 nitrogen and oxygen atoms in total. The molecule has 2 aromatic rings. The highest BCUT2D eigenvalue weighted by molar-refractivity contribution is 5.54. The van der Waals surface area contributed by atoms with Crippen molar-refractivity contribution in [3.05, 3.63) is 59.4 Å². The van der Waals surface area contributed by atoms with Crippen LogP contribution >= 0.6 is 0 Å². The lowest BCUT2D eigenvalue weighted by Gasteiger charge is -2.11. The van der Waals surface area contributed by atoms with E-state index >= 15 is 0 Å². The van der Waals surface area contributed by atoms with E-state index in [0.717, 1.165) is 37.9 Å². The molecule has 0 fully saturated rings. The predicted molar refractivity (Wildman–Crippen MR) is 93.1 cm³/mol. The van der Waals surface area contributed by atoms with Crippen molar-refractivity contribution in [1.29, 1.82) is 0 Å². The molecule has 0 spiro atoms. The third-order valence-corrected chi connectivity index (χ3v) is 3.63. The second kappa shape index (κ2) is 9.16. The topological polar surface area (TPSA) is 47.3 Å². The summed E-state index contributed by atoms with van der Waals surface area (Å²) in [7, 11) is 0. The monoisotopic (exact) mass is 316 g/mol. The lowest BCUT2D eigenvalue weighted by molar-refractivity contribution is 0.307. The van der Waals surface area contributed by atoms with Gasteiger partial charge in [0.25, 0.3) is 0 Å². The summed E-state index contributed by atoms with van der Waals surface area (Å²) in [5.74, 6) is 0.424. The van der Waals surface area contributed by atoms with Crippen LogP contribution in [0, 0.1) is 5.82 Å². The zero-order valence-corrected chi connectivity index (χ0v) is 13.6. The summed E-state index contributed by atoms with van der Waals surface area (Å²) in [5, 5.41) is 3.39. The molecule has 0 aliphatic heterocycles. The van der Waals surface area contributed by atoms with Crippen molar-refractivity contribution in [1.82, 2.24) is 5.32 Å². The average Bonchev–Trinajstić information content (AvgIpc) is 2.55. The Balaban J connectivity index is 1.82. The largest absolute Gasteiger partial charge is 0.487 e. The van der Waals surface area contributed by atoms with Crippen LogP contribution in [0.1, 0.15) is 30.9 Å². The molecule has 2 rings (SSSR count). The van der Waals surface area contributed by atoms with Crippen LogP contribution in [-0.2, 0) is 13.0 Å². The van der Waals surface area contributed by atoms with E-state index in [1.165, 1.54) is 17.7 Å². The number of hydrogen-bond donors (Lipinski definition) is 2. The Morgan fingerprint density at radius 2 is 1.78 bits per heavy atom.